The minimum Gasteiger partial charge on any atom is -0.303 e. The first-order chi connectivity index (χ1) is 8.69. The van der Waals surface area contributed by atoms with E-state index in [1.807, 2.05) is 0 Å². The van der Waals surface area contributed by atoms with Crippen LogP contribution in [0.15, 0.2) is 41.7 Å². The highest BCUT2D eigenvalue weighted by atomic mass is 32.1. The monoisotopic (exact) mass is 278 g/mol. The second-order valence-corrected chi connectivity index (χ2v) is 4.25. The molecule has 0 spiro atoms. The fourth-order valence-corrected chi connectivity index (χ4v) is 1.87. The summed E-state index contributed by atoms with van der Waals surface area (Å²) >= 11 is 4.05. The zero-order valence-corrected chi connectivity index (χ0v) is 10.3. The number of aromatic nitrogens is 2. The molecular weight excluding hydrogens is 263 g/mol. The van der Waals surface area contributed by atoms with Gasteiger partial charge in [0.05, 0.1) is 0 Å². The third-order valence-electron chi connectivity index (χ3n) is 2.59. The molecule has 0 amide bonds. The Morgan fingerprint density at radius 2 is 1.95 bits per heavy atom. The van der Waals surface area contributed by atoms with Crippen molar-refractivity contribution in [3.8, 4) is 0 Å². The molecule has 1 atom stereocenters. The van der Waals surface area contributed by atoms with Crippen molar-refractivity contribution in [2.75, 3.05) is 0 Å². The Labute approximate surface area is 117 Å². The number of hydrogen-bond donors (Lipinski definition) is 1. The third kappa shape index (κ3) is 4.13. The Balaban J connectivity index is 0.00000180. The molecule has 3 nitrogen and oxygen atoms in total. The van der Waals surface area contributed by atoms with E-state index in [0.717, 1.165) is 17.5 Å². The van der Waals surface area contributed by atoms with Crippen LogP contribution in [-0.4, -0.2) is 16.3 Å². The molecule has 0 N–H and O–H groups in total. The molecule has 1 aromatic heterocycles. The van der Waals surface area contributed by atoms with Gasteiger partial charge in [0, 0.05) is 24.2 Å². The lowest BCUT2D eigenvalue weighted by atomic mass is 9.95. The van der Waals surface area contributed by atoms with Gasteiger partial charge in [-0.3, -0.25) is 0 Å². The van der Waals surface area contributed by atoms with E-state index < -0.39 is 0 Å². The number of aldehydes is 1. The van der Waals surface area contributed by atoms with Crippen molar-refractivity contribution in [3.05, 3.63) is 53.6 Å². The van der Waals surface area contributed by atoms with Crippen molar-refractivity contribution in [2.24, 2.45) is 0 Å². The Morgan fingerprint density at radius 1 is 1.26 bits per heavy atom. The summed E-state index contributed by atoms with van der Waals surface area (Å²) in [6.45, 7) is 0. The molecule has 0 aliphatic carbocycles. The molecule has 0 saturated heterocycles. The van der Waals surface area contributed by atoms with Crippen molar-refractivity contribution in [2.45, 2.75) is 24.9 Å². The lowest BCUT2D eigenvalue weighted by Crippen LogP contribution is -2.06. The molecule has 0 aliphatic rings. The van der Waals surface area contributed by atoms with Gasteiger partial charge in [0.15, 0.2) is 5.16 Å². The molecular formula is C14H15FN2OS. The highest BCUT2D eigenvalue weighted by Crippen LogP contribution is 2.18. The highest BCUT2D eigenvalue weighted by Gasteiger charge is 2.12. The van der Waals surface area contributed by atoms with Crippen LogP contribution in [0.5, 0.6) is 0 Å². The minimum absolute atomic E-state index is 0. The first-order valence-electron chi connectivity index (χ1n) is 5.40. The number of nitrogens with zero attached hydrogens (tertiary/aromatic N) is 2. The summed E-state index contributed by atoms with van der Waals surface area (Å²) in [5, 5.41) is 0.372. The van der Waals surface area contributed by atoms with Crippen LogP contribution in [0.4, 0.5) is 4.39 Å². The summed E-state index contributed by atoms with van der Waals surface area (Å²) in [4.78, 5) is 19.1. The molecule has 0 radical (unpaired) electrons. The van der Waals surface area contributed by atoms with Gasteiger partial charge in [-0.05, 0) is 23.8 Å². The summed E-state index contributed by atoms with van der Waals surface area (Å²) in [5.74, 6) is -0.656. The summed E-state index contributed by atoms with van der Waals surface area (Å²) in [6, 6.07) is 7.64. The van der Waals surface area contributed by atoms with Gasteiger partial charge >= 0.3 is 0 Å². The van der Waals surface area contributed by atoms with Crippen molar-refractivity contribution in [1.82, 2.24) is 9.97 Å². The van der Waals surface area contributed by atoms with Crippen molar-refractivity contribution in [1.29, 1.82) is 0 Å². The van der Waals surface area contributed by atoms with Crippen LogP contribution in [0.1, 0.15) is 24.6 Å². The van der Waals surface area contributed by atoms with Gasteiger partial charge < -0.3 is 4.79 Å². The van der Waals surface area contributed by atoms with Gasteiger partial charge in [-0.25, -0.2) is 14.4 Å². The maximum Gasteiger partial charge on any atom is 0.184 e. The molecule has 5 heteroatoms. The molecule has 1 heterocycles. The molecule has 1 aromatic carbocycles. The quantitative estimate of drug-likeness (QED) is 0.531. The van der Waals surface area contributed by atoms with Crippen molar-refractivity contribution >= 4 is 18.9 Å². The standard InChI is InChI=1S/C13H11FN2OS.CH4/c14-11-3-1-9(2-4-11)10(8-17)7-12-5-6-15-13(18)16-12;/h1-6,8,10H,7H2,(H,15,16,18);1H4. The number of thiol groups is 1. The van der Waals surface area contributed by atoms with E-state index in [1.165, 1.54) is 12.1 Å². The van der Waals surface area contributed by atoms with Crippen LogP contribution >= 0.6 is 12.6 Å². The largest absolute Gasteiger partial charge is 0.303 e. The van der Waals surface area contributed by atoms with E-state index in [1.54, 1.807) is 24.4 Å². The van der Waals surface area contributed by atoms with Gasteiger partial charge in [-0.2, -0.15) is 0 Å². The molecule has 19 heavy (non-hydrogen) atoms. The molecule has 100 valence electrons. The number of halogens is 1. The predicted molar refractivity (Wildman–Crippen MR) is 74.9 cm³/mol. The molecule has 0 bridgehead atoms. The van der Waals surface area contributed by atoms with Crippen LogP contribution in [0, 0.1) is 5.82 Å². The molecule has 1 unspecified atom stereocenters. The van der Waals surface area contributed by atoms with Gasteiger partial charge in [0.25, 0.3) is 0 Å². The molecule has 0 fully saturated rings. The van der Waals surface area contributed by atoms with E-state index in [4.69, 9.17) is 0 Å². The van der Waals surface area contributed by atoms with Gasteiger partial charge in [0.2, 0.25) is 0 Å². The topological polar surface area (TPSA) is 42.9 Å². The van der Waals surface area contributed by atoms with Crippen LogP contribution < -0.4 is 0 Å². The van der Waals surface area contributed by atoms with Gasteiger partial charge in [-0.15, -0.1) is 12.6 Å². The highest BCUT2D eigenvalue weighted by molar-refractivity contribution is 7.80. The lowest BCUT2D eigenvalue weighted by molar-refractivity contribution is -0.109. The molecule has 2 aromatic rings. The molecule has 0 aliphatic heterocycles. The van der Waals surface area contributed by atoms with Gasteiger partial charge in [0.1, 0.15) is 12.1 Å². The first-order valence-corrected chi connectivity index (χ1v) is 5.85. The molecule has 0 saturated carbocycles. The number of hydrogen-bond acceptors (Lipinski definition) is 4. The second kappa shape index (κ2) is 6.99. The minimum atomic E-state index is -0.340. The van der Waals surface area contributed by atoms with Crippen molar-refractivity contribution in [3.63, 3.8) is 0 Å². The maximum absolute atomic E-state index is 12.8. The zero-order valence-electron chi connectivity index (χ0n) is 9.45. The fourth-order valence-electron chi connectivity index (χ4n) is 1.68. The van der Waals surface area contributed by atoms with E-state index in [2.05, 4.69) is 22.6 Å². The van der Waals surface area contributed by atoms with Crippen LogP contribution in [0.25, 0.3) is 0 Å². The SMILES string of the molecule is C.O=CC(Cc1ccnc(S)n1)c1ccc(F)cc1. The Morgan fingerprint density at radius 3 is 2.53 bits per heavy atom. The Bertz CT molecular complexity index is 545. The van der Waals surface area contributed by atoms with Gasteiger partial charge in [-0.1, -0.05) is 19.6 Å². The van der Waals surface area contributed by atoms with E-state index in [9.17, 15) is 9.18 Å². The Hall–Kier alpha value is -1.75. The summed E-state index contributed by atoms with van der Waals surface area (Å²) in [6.07, 6.45) is 2.88. The summed E-state index contributed by atoms with van der Waals surface area (Å²) < 4.78 is 12.8. The van der Waals surface area contributed by atoms with E-state index >= 15 is 0 Å². The maximum atomic E-state index is 12.8. The first kappa shape index (κ1) is 15.3. The van der Waals surface area contributed by atoms with Crippen LogP contribution in [-0.2, 0) is 11.2 Å². The lowest BCUT2D eigenvalue weighted by Gasteiger charge is -2.10. The number of carbonyl (C=O) groups is 1. The van der Waals surface area contributed by atoms with Crippen LogP contribution in [0.2, 0.25) is 0 Å². The Kier molecular flexibility index (Phi) is 5.63. The average Bonchev–Trinajstić information content (AvgIpc) is 2.37. The van der Waals surface area contributed by atoms with Crippen molar-refractivity contribution < 1.29 is 9.18 Å². The zero-order chi connectivity index (χ0) is 13.0. The average molecular weight is 278 g/mol. The number of rotatable bonds is 4. The smallest absolute Gasteiger partial charge is 0.184 e. The second-order valence-electron chi connectivity index (χ2n) is 3.85. The molecule has 2 rings (SSSR count). The van der Waals surface area contributed by atoms with Crippen LogP contribution in [0.3, 0.4) is 0 Å². The normalized spacial score (nSPS) is 11.5. The number of benzene rings is 1. The third-order valence-corrected chi connectivity index (χ3v) is 2.81. The summed E-state index contributed by atoms with van der Waals surface area (Å²) in [7, 11) is 0. The predicted octanol–water partition coefficient (Wildman–Crippen LogP) is 3.07. The van der Waals surface area contributed by atoms with E-state index in [-0.39, 0.29) is 19.2 Å². The number of carbonyl (C=O) groups excluding carboxylic acids is 1. The summed E-state index contributed by atoms with van der Waals surface area (Å²) in [5.41, 5.74) is 1.50. The van der Waals surface area contributed by atoms with E-state index in [0.29, 0.717) is 11.6 Å². The fraction of sp³-hybridized carbons (Fsp3) is 0.214.